The Bertz CT molecular complexity index is 111. The second-order valence-corrected chi connectivity index (χ2v) is 1.63. The molecule has 6 heavy (non-hydrogen) atoms. The van der Waals surface area contributed by atoms with E-state index < -0.39 is 0 Å². The van der Waals surface area contributed by atoms with Crippen molar-refractivity contribution in [2.75, 3.05) is 0 Å². The molecule has 0 fully saturated rings. The van der Waals surface area contributed by atoms with Crippen molar-refractivity contribution in [3.63, 3.8) is 0 Å². The van der Waals surface area contributed by atoms with E-state index >= 15 is 0 Å². The Labute approximate surface area is 39.9 Å². The first-order valence-electron chi connectivity index (χ1n) is 1.53. The molecule has 2 heteroatoms. The summed E-state index contributed by atoms with van der Waals surface area (Å²) in [4.78, 5) is 0. The van der Waals surface area contributed by atoms with Crippen molar-refractivity contribution >= 4 is 11.3 Å². The Morgan fingerprint density at radius 3 is 2.83 bits per heavy atom. The molecule has 0 amide bonds. The predicted octanol–water partition coefficient (Wildman–Crippen LogP) is 1.25. The van der Waals surface area contributed by atoms with E-state index in [4.69, 9.17) is 5.11 Å². The van der Waals surface area contributed by atoms with Crippen molar-refractivity contribution in [3.05, 3.63) is 16.8 Å². The first kappa shape index (κ1) is 3.68. The summed E-state index contributed by atoms with van der Waals surface area (Å²) < 4.78 is 0. The van der Waals surface area contributed by atoms with Crippen LogP contribution in [0.4, 0.5) is 0 Å². The third kappa shape index (κ3) is 0.518. The summed E-state index contributed by atoms with van der Waals surface area (Å²) in [6.45, 7) is 0. The molecule has 1 rings (SSSR count). The fraction of sp³-hybridized carbons (Fsp3) is 0. The lowest BCUT2D eigenvalue weighted by molar-refractivity contribution is 0.478. The van der Waals surface area contributed by atoms with Gasteiger partial charge in [0, 0.05) is 10.8 Å². The van der Waals surface area contributed by atoms with Crippen LogP contribution in [0, 0.1) is 5.38 Å². The molecule has 0 saturated carbocycles. The highest BCUT2D eigenvalue weighted by Crippen LogP contribution is 2.09. The largest absolute Gasteiger partial charge is 0.507 e. The Balaban J connectivity index is 3.05. The molecular formula is C4H3OS. The number of hydrogen-bond acceptors (Lipinski definition) is 2. The van der Waals surface area contributed by atoms with Gasteiger partial charge >= 0.3 is 0 Å². The van der Waals surface area contributed by atoms with Crippen LogP contribution >= 0.6 is 11.3 Å². The standard InChI is InChI=1S/C4H3OS/c5-4-1-2-6-3-4/h1,3,5H. The molecule has 0 aromatic carbocycles. The van der Waals surface area contributed by atoms with Crippen molar-refractivity contribution < 1.29 is 5.11 Å². The van der Waals surface area contributed by atoms with E-state index in [1.54, 1.807) is 5.38 Å². The molecule has 0 atom stereocenters. The van der Waals surface area contributed by atoms with Gasteiger partial charge in [-0.1, -0.05) is 0 Å². The maximum Gasteiger partial charge on any atom is 0.126 e. The van der Waals surface area contributed by atoms with Crippen LogP contribution in [0.1, 0.15) is 0 Å². The summed E-state index contributed by atoms with van der Waals surface area (Å²) in [5, 5.41) is 12.8. The second-order valence-electron chi connectivity index (χ2n) is 0.923. The summed E-state index contributed by atoms with van der Waals surface area (Å²) in [7, 11) is 0. The maximum absolute atomic E-state index is 8.45. The minimum Gasteiger partial charge on any atom is -0.507 e. The molecule has 0 saturated heterocycles. The highest BCUT2D eigenvalue weighted by Gasteiger charge is 1.78. The minimum absolute atomic E-state index is 0.306. The lowest BCUT2D eigenvalue weighted by Crippen LogP contribution is -1.40. The summed E-state index contributed by atoms with van der Waals surface area (Å²) in [5.74, 6) is 0.306. The van der Waals surface area contributed by atoms with Crippen LogP contribution in [0.15, 0.2) is 11.4 Å². The van der Waals surface area contributed by atoms with Crippen LogP contribution < -0.4 is 0 Å². The zero-order valence-corrected chi connectivity index (χ0v) is 3.83. The van der Waals surface area contributed by atoms with Crippen LogP contribution in [0.5, 0.6) is 5.75 Å². The van der Waals surface area contributed by atoms with Crippen molar-refractivity contribution in [1.29, 1.82) is 0 Å². The number of rotatable bonds is 0. The van der Waals surface area contributed by atoms with E-state index in [0.29, 0.717) is 5.75 Å². The summed E-state index contributed by atoms with van der Waals surface area (Å²) in [5.41, 5.74) is 0. The Hall–Kier alpha value is -0.500. The van der Waals surface area contributed by atoms with Crippen molar-refractivity contribution in [1.82, 2.24) is 0 Å². The van der Waals surface area contributed by atoms with Crippen LogP contribution in [0.25, 0.3) is 0 Å². The van der Waals surface area contributed by atoms with Crippen LogP contribution in [0.2, 0.25) is 0 Å². The van der Waals surface area contributed by atoms with Gasteiger partial charge in [-0.25, -0.2) is 0 Å². The van der Waals surface area contributed by atoms with Crippen LogP contribution in [0.3, 0.4) is 0 Å². The minimum atomic E-state index is 0.306. The lowest BCUT2D eigenvalue weighted by Gasteiger charge is -1.67. The van der Waals surface area contributed by atoms with E-state index in [0.717, 1.165) is 0 Å². The quantitative estimate of drug-likeness (QED) is 0.519. The molecule has 1 N–H and O–H groups in total. The van der Waals surface area contributed by atoms with Crippen molar-refractivity contribution in [3.8, 4) is 5.75 Å². The van der Waals surface area contributed by atoms with E-state index in [1.165, 1.54) is 17.4 Å². The number of thiophene rings is 1. The van der Waals surface area contributed by atoms with Gasteiger partial charge in [-0.15, -0.1) is 11.3 Å². The smallest absolute Gasteiger partial charge is 0.126 e. The van der Waals surface area contributed by atoms with Crippen molar-refractivity contribution in [2.45, 2.75) is 0 Å². The van der Waals surface area contributed by atoms with E-state index in [1.807, 2.05) is 0 Å². The van der Waals surface area contributed by atoms with Gasteiger partial charge in [-0.3, -0.25) is 0 Å². The molecule has 1 aromatic heterocycles. The van der Waals surface area contributed by atoms with E-state index in [2.05, 4.69) is 5.38 Å². The highest BCUT2D eigenvalue weighted by atomic mass is 32.1. The van der Waals surface area contributed by atoms with Gasteiger partial charge in [0.1, 0.15) is 5.75 Å². The predicted molar refractivity (Wildman–Crippen MR) is 24.8 cm³/mol. The number of aromatic hydroxyl groups is 1. The molecular weight excluding hydrogens is 96.1 g/mol. The number of hydrogen-bond donors (Lipinski definition) is 1. The van der Waals surface area contributed by atoms with Gasteiger partial charge < -0.3 is 5.11 Å². The molecule has 0 spiro atoms. The molecule has 1 radical (unpaired) electrons. The van der Waals surface area contributed by atoms with Crippen LogP contribution in [-0.4, -0.2) is 5.11 Å². The summed E-state index contributed by atoms with van der Waals surface area (Å²) in [6.07, 6.45) is 0. The van der Waals surface area contributed by atoms with Crippen molar-refractivity contribution in [2.24, 2.45) is 0 Å². The molecule has 0 aliphatic rings. The molecule has 1 aromatic rings. The van der Waals surface area contributed by atoms with Crippen LogP contribution in [-0.2, 0) is 0 Å². The molecule has 1 heterocycles. The average Bonchev–Trinajstić information content (AvgIpc) is 1.86. The van der Waals surface area contributed by atoms with Gasteiger partial charge in [0.25, 0.3) is 0 Å². The zero-order valence-electron chi connectivity index (χ0n) is 3.01. The van der Waals surface area contributed by atoms with E-state index in [-0.39, 0.29) is 0 Å². The maximum atomic E-state index is 8.45. The third-order valence-corrected chi connectivity index (χ3v) is 1.07. The van der Waals surface area contributed by atoms with Gasteiger partial charge in [-0.2, -0.15) is 0 Å². The normalized spacial score (nSPS) is 8.67. The Morgan fingerprint density at radius 1 is 1.83 bits per heavy atom. The molecule has 0 bridgehead atoms. The lowest BCUT2D eigenvalue weighted by atomic mass is 10.6. The topological polar surface area (TPSA) is 20.2 Å². The molecule has 1 nitrogen and oxygen atoms in total. The average molecular weight is 99.1 g/mol. The van der Waals surface area contributed by atoms with Gasteiger partial charge in [-0.05, 0) is 6.07 Å². The molecule has 0 aliphatic carbocycles. The first-order valence-corrected chi connectivity index (χ1v) is 2.41. The Morgan fingerprint density at radius 2 is 2.67 bits per heavy atom. The molecule has 0 unspecified atom stereocenters. The SMILES string of the molecule is Oc1c[c]sc1. The fourth-order valence-electron chi connectivity index (χ4n) is 0.223. The molecule has 0 aliphatic heterocycles. The second kappa shape index (κ2) is 1.30. The van der Waals surface area contributed by atoms with Gasteiger partial charge in [0.2, 0.25) is 0 Å². The Kier molecular flexibility index (Phi) is 0.801. The first-order chi connectivity index (χ1) is 2.89. The zero-order chi connectivity index (χ0) is 4.41. The van der Waals surface area contributed by atoms with E-state index in [9.17, 15) is 0 Å². The third-order valence-electron chi connectivity index (χ3n) is 0.455. The summed E-state index contributed by atoms with van der Waals surface area (Å²) >= 11 is 1.36. The monoisotopic (exact) mass is 99.0 g/mol. The highest BCUT2D eigenvalue weighted by molar-refractivity contribution is 7.07. The fourth-order valence-corrected chi connectivity index (χ4v) is 0.668. The summed E-state index contributed by atoms with van der Waals surface area (Å²) in [6, 6.07) is 1.53. The molecule has 31 valence electrons. The van der Waals surface area contributed by atoms with Gasteiger partial charge in [0.15, 0.2) is 0 Å². The van der Waals surface area contributed by atoms with Gasteiger partial charge in [0.05, 0.1) is 0 Å².